The zero-order chi connectivity index (χ0) is 12.5. The van der Waals surface area contributed by atoms with Crippen molar-refractivity contribution in [2.45, 2.75) is 40.3 Å². The normalized spacial score (nSPS) is 25.1. The Balaban J connectivity index is 2.04. The van der Waals surface area contributed by atoms with E-state index in [1.807, 2.05) is 12.1 Å². The topological polar surface area (TPSA) is 60.2 Å². The van der Waals surface area contributed by atoms with Crippen molar-refractivity contribution in [3.05, 3.63) is 24.3 Å². The van der Waals surface area contributed by atoms with Gasteiger partial charge >= 0.3 is 0 Å². The van der Waals surface area contributed by atoms with E-state index in [0.29, 0.717) is 16.2 Å². The Morgan fingerprint density at radius 2 is 1.88 bits per heavy atom. The third-order valence-electron chi connectivity index (χ3n) is 2.98. The fourth-order valence-electron chi connectivity index (χ4n) is 2.04. The van der Waals surface area contributed by atoms with Gasteiger partial charge in [-0.2, -0.15) is 0 Å². The van der Waals surface area contributed by atoms with Gasteiger partial charge in [-0.1, -0.05) is 0 Å². The van der Waals surface area contributed by atoms with Crippen molar-refractivity contribution >= 4 is 21.6 Å². The number of nitrogens with two attached hydrogens (primary N) is 1. The fourth-order valence-corrected chi connectivity index (χ4v) is 3.94. The highest BCUT2D eigenvalue weighted by Gasteiger charge is 2.22. The molecular formula is C12H17NO2S2. The highest BCUT2D eigenvalue weighted by molar-refractivity contribution is 8.00. The van der Waals surface area contributed by atoms with Gasteiger partial charge in [0, 0.05) is 22.4 Å². The molecule has 5 heteroatoms. The molecule has 3 nitrogen and oxygen atoms in total. The van der Waals surface area contributed by atoms with Crippen LogP contribution >= 0.6 is 11.8 Å². The van der Waals surface area contributed by atoms with Crippen LogP contribution in [0.5, 0.6) is 0 Å². The van der Waals surface area contributed by atoms with E-state index < -0.39 is 9.84 Å². The Bertz CT molecular complexity index is 482. The van der Waals surface area contributed by atoms with Gasteiger partial charge < -0.3 is 5.73 Å². The lowest BCUT2D eigenvalue weighted by atomic mass is 10.3. The predicted octanol–water partition coefficient (Wildman–Crippen LogP) is 2.06. The first kappa shape index (κ1) is 12.9. The maximum atomic E-state index is 11.3. The molecule has 1 aromatic rings. The number of hydrogen-bond donors (Lipinski definition) is 1. The van der Waals surface area contributed by atoms with Crippen LogP contribution in [0.15, 0.2) is 34.1 Å². The fraction of sp³-hybridized carbons (Fsp3) is 0.500. The van der Waals surface area contributed by atoms with Gasteiger partial charge in [0.2, 0.25) is 0 Å². The van der Waals surface area contributed by atoms with Crippen molar-refractivity contribution in [3.63, 3.8) is 0 Å². The number of thioether (sulfide) groups is 1. The van der Waals surface area contributed by atoms with Crippen LogP contribution in [-0.2, 0) is 9.84 Å². The molecule has 0 spiro atoms. The molecule has 1 aromatic carbocycles. The summed E-state index contributed by atoms with van der Waals surface area (Å²) in [7, 11) is -3.08. The van der Waals surface area contributed by atoms with E-state index in [4.69, 9.17) is 5.73 Å². The summed E-state index contributed by atoms with van der Waals surface area (Å²) in [5.41, 5.74) is 5.87. The largest absolute Gasteiger partial charge is 0.328 e. The van der Waals surface area contributed by atoms with Gasteiger partial charge in [-0.05, 0) is 43.5 Å². The van der Waals surface area contributed by atoms with Crippen LogP contribution < -0.4 is 5.73 Å². The van der Waals surface area contributed by atoms with E-state index in [1.165, 1.54) is 6.26 Å². The molecule has 1 aliphatic carbocycles. The molecule has 0 saturated heterocycles. The Hall–Kier alpha value is -0.520. The molecule has 94 valence electrons. The van der Waals surface area contributed by atoms with E-state index in [0.717, 1.165) is 24.2 Å². The molecule has 2 N–H and O–H groups in total. The van der Waals surface area contributed by atoms with E-state index in [-0.39, 0.29) is 0 Å². The quantitative estimate of drug-likeness (QED) is 0.914. The third-order valence-corrected chi connectivity index (χ3v) is 5.41. The van der Waals surface area contributed by atoms with Crippen LogP contribution in [0.3, 0.4) is 0 Å². The Kier molecular flexibility index (Phi) is 3.80. The molecule has 0 heterocycles. The summed E-state index contributed by atoms with van der Waals surface area (Å²) in [5, 5.41) is 0.578. The molecule has 0 radical (unpaired) electrons. The maximum Gasteiger partial charge on any atom is 0.175 e. The summed E-state index contributed by atoms with van der Waals surface area (Å²) in [6.07, 6.45) is 4.53. The molecule has 17 heavy (non-hydrogen) atoms. The van der Waals surface area contributed by atoms with Crippen molar-refractivity contribution in [3.8, 4) is 0 Å². The van der Waals surface area contributed by atoms with Crippen LogP contribution in [0, 0.1) is 0 Å². The second-order valence-corrected chi connectivity index (χ2v) is 7.95. The van der Waals surface area contributed by atoms with Crippen molar-refractivity contribution in [2.75, 3.05) is 6.26 Å². The Labute approximate surface area is 107 Å². The lowest BCUT2D eigenvalue weighted by molar-refractivity contribution is 0.602. The standard InChI is InChI=1S/C12H17NO2S2/c1-17(14,15)12-6-4-10(5-7-12)16-11-3-2-9(13)8-11/h4-7,9,11H,2-3,8,13H2,1H3. The monoisotopic (exact) mass is 271 g/mol. The summed E-state index contributed by atoms with van der Waals surface area (Å²) in [6, 6.07) is 7.44. The summed E-state index contributed by atoms with van der Waals surface area (Å²) >= 11 is 1.80. The molecule has 0 aliphatic heterocycles. The van der Waals surface area contributed by atoms with Gasteiger partial charge in [0.05, 0.1) is 4.90 Å². The van der Waals surface area contributed by atoms with Gasteiger partial charge in [0.15, 0.2) is 9.84 Å². The van der Waals surface area contributed by atoms with Crippen molar-refractivity contribution in [1.82, 2.24) is 0 Å². The molecule has 0 amide bonds. The second kappa shape index (κ2) is 5.00. The van der Waals surface area contributed by atoms with Gasteiger partial charge in [-0.3, -0.25) is 0 Å². The number of rotatable bonds is 3. The molecule has 1 fully saturated rings. The minimum atomic E-state index is -3.08. The van der Waals surface area contributed by atoms with Crippen molar-refractivity contribution < 1.29 is 8.42 Å². The molecule has 2 unspecified atom stereocenters. The SMILES string of the molecule is CS(=O)(=O)c1ccc(SC2CCC(N)C2)cc1. The van der Waals surface area contributed by atoms with E-state index in [1.54, 1.807) is 23.9 Å². The van der Waals surface area contributed by atoms with Crippen LogP contribution in [0.2, 0.25) is 0 Å². The predicted molar refractivity (Wildman–Crippen MR) is 71.0 cm³/mol. The molecule has 0 aromatic heterocycles. The van der Waals surface area contributed by atoms with Crippen LogP contribution in [-0.4, -0.2) is 26.0 Å². The van der Waals surface area contributed by atoms with E-state index in [2.05, 4.69) is 0 Å². The van der Waals surface area contributed by atoms with Crippen molar-refractivity contribution in [2.24, 2.45) is 5.73 Å². The number of hydrogen-bond acceptors (Lipinski definition) is 4. The number of benzene rings is 1. The summed E-state index contributed by atoms with van der Waals surface area (Å²) in [6.45, 7) is 0. The first-order valence-corrected chi connectivity index (χ1v) is 8.44. The summed E-state index contributed by atoms with van der Waals surface area (Å²) in [4.78, 5) is 1.50. The average Bonchev–Trinajstić information content (AvgIpc) is 2.63. The smallest absolute Gasteiger partial charge is 0.175 e. The lowest BCUT2D eigenvalue weighted by Gasteiger charge is -2.09. The van der Waals surface area contributed by atoms with Gasteiger partial charge in [-0.25, -0.2) is 8.42 Å². The first-order valence-electron chi connectivity index (χ1n) is 5.67. The van der Waals surface area contributed by atoms with Gasteiger partial charge in [0.1, 0.15) is 0 Å². The third kappa shape index (κ3) is 3.47. The molecule has 1 aliphatic rings. The molecule has 2 rings (SSSR count). The average molecular weight is 271 g/mol. The highest BCUT2D eigenvalue weighted by atomic mass is 32.2. The minimum Gasteiger partial charge on any atom is -0.328 e. The Morgan fingerprint density at radius 1 is 1.24 bits per heavy atom. The highest BCUT2D eigenvalue weighted by Crippen LogP contribution is 2.34. The first-order chi connectivity index (χ1) is 7.95. The van der Waals surface area contributed by atoms with Gasteiger partial charge in [0.25, 0.3) is 0 Å². The molecule has 2 atom stereocenters. The molecule has 1 saturated carbocycles. The zero-order valence-corrected chi connectivity index (χ0v) is 11.4. The lowest BCUT2D eigenvalue weighted by Crippen LogP contribution is -2.15. The van der Waals surface area contributed by atoms with Crippen LogP contribution in [0.25, 0.3) is 0 Å². The van der Waals surface area contributed by atoms with E-state index in [9.17, 15) is 8.42 Å². The Morgan fingerprint density at radius 3 is 2.35 bits per heavy atom. The van der Waals surface area contributed by atoms with Crippen LogP contribution in [0.4, 0.5) is 0 Å². The van der Waals surface area contributed by atoms with Gasteiger partial charge in [-0.15, -0.1) is 11.8 Å². The molecular weight excluding hydrogens is 254 g/mol. The summed E-state index contributed by atoms with van der Waals surface area (Å²) in [5.74, 6) is 0. The second-order valence-electron chi connectivity index (χ2n) is 4.56. The molecule has 0 bridgehead atoms. The maximum absolute atomic E-state index is 11.3. The summed E-state index contributed by atoms with van der Waals surface area (Å²) < 4.78 is 22.6. The zero-order valence-electron chi connectivity index (χ0n) is 9.80. The van der Waals surface area contributed by atoms with E-state index >= 15 is 0 Å². The number of sulfone groups is 1. The van der Waals surface area contributed by atoms with Crippen molar-refractivity contribution in [1.29, 1.82) is 0 Å². The van der Waals surface area contributed by atoms with Crippen LogP contribution in [0.1, 0.15) is 19.3 Å². The minimum absolute atomic E-state index is 0.336.